The number of carbonyl (C=O) groups excluding carboxylic acids is 1. The van der Waals surface area contributed by atoms with E-state index in [9.17, 15) is 9.36 Å². The first-order valence-electron chi connectivity index (χ1n) is 4.06. The number of carbonyl (C=O) groups is 1. The van der Waals surface area contributed by atoms with E-state index >= 15 is 0 Å². The lowest BCUT2D eigenvalue weighted by Gasteiger charge is -2.23. The lowest BCUT2D eigenvalue weighted by molar-refractivity contribution is -0.136. The molecule has 10 heteroatoms. The van der Waals surface area contributed by atoms with Crippen LogP contribution in [0.2, 0.25) is 0 Å². The number of hydrogen-bond acceptors (Lipinski definition) is 7. The summed E-state index contributed by atoms with van der Waals surface area (Å²) in [5.74, 6) is 0. The van der Waals surface area contributed by atoms with Gasteiger partial charge in [-0.1, -0.05) is 0 Å². The molecule has 0 saturated heterocycles. The van der Waals surface area contributed by atoms with E-state index in [1.165, 1.54) is 0 Å². The number of aldehydes is 1. The Morgan fingerprint density at radius 1 is 1.12 bits per heavy atom. The minimum atomic E-state index is -4.80. The molecule has 0 heterocycles. The molecular weight excluding hydrogens is 248 g/mol. The summed E-state index contributed by atoms with van der Waals surface area (Å²) >= 11 is 0. The number of hydrogen-bond donors (Lipinski definition) is 6. The van der Waals surface area contributed by atoms with E-state index in [-0.39, 0.29) is 6.29 Å². The van der Waals surface area contributed by atoms with Gasteiger partial charge in [0.15, 0.2) is 6.29 Å². The van der Waals surface area contributed by atoms with Crippen LogP contribution in [0.1, 0.15) is 0 Å². The Labute approximate surface area is 90.2 Å². The summed E-state index contributed by atoms with van der Waals surface area (Å²) in [5, 5.41) is 36.1. The molecular formula is C6H13O9P. The molecule has 0 unspecified atom stereocenters. The molecule has 0 bridgehead atoms. The summed E-state index contributed by atoms with van der Waals surface area (Å²) in [6.45, 7) is -0.964. The van der Waals surface area contributed by atoms with Gasteiger partial charge < -0.3 is 35.0 Å². The number of phosphoric acid groups is 1. The molecule has 0 aromatic carbocycles. The third kappa shape index (κ3) is 5.64. The number of aliphatic hydroxyl groups excluding tert-OH is 4. The summed E-state index contributed by atoms with van der Waals surface area (Å²) in [6, 6.07) is 0. The third-order valence-electron chi connectivity index (χ3n) is 1.65. The van der Waals surface area contributed by atoms with Gasteiger partial charge >= 0.3 is 7.82 Å². The molecule has 0 aliphatic heterocycles. The number of aliphatic hydroxyl groups is 4. The van der Waals surface area contributed by atoms with Crippen LogP contribution in [0, 0.1) is 0 Å². The van der Waals surface area contributed by atoms with E-state index in [0.717, 1.165) is 0 Å². The van der Waals surface area contributed by atoms with E-state index in [1.807, 2.05) is 0 Å². The van der Waals surface area contributed by atoms with Crippen molar-refractivity contribution >= 4 is 14.1 Å². The third-order valence-corrected chi connectivity index (χ3v) is 2.13. The van der Waals surface area contributed by atoms with Crippen LogP contribution < -0.4 is 0 Å². The van der Waals surface area contributed by atoms with Gasteiger partial charge in [-0.25, -0.2) is 4.57 Å². The molecule has 16 heavy (non-hydrogen) atoms. The molecule has 96 valence electrons. The molecule has 0 radical (unpaired) electrons. The highest BCUT2D eigenvalue weighted by Crippen LogP contribution is 2.35. The van der Waals surface area contributed by atoms with E-state index in [1.54, 1.807) is 0 Å². The second-order valence-corrected chi connectivity index (χ2v) is 4.20. The van der Waals surface area contributed by atoms with Crippen molar-refractivity contribution < 1.29 is 44.1 Å². The Balaban J connectivity index is 4.22. The van der Waals surface area contributed by atoms with Crippen LogP contribution in [0.25, 0.3) is 0 Å². The van der Waals surface area contributed by atoms with Gasteiger partial charge in [-0.05, 0) is 0 Å². The number of phosphoric ester groups is 1. The van der Waals surface area contributed by atoms with E-state index < -0.39 is 38.8 Å². The van der Waals surface area contributed by atoms with E-state index in [0.29, 0.717) is 0 Å². The molecule has 0 spiro atoms. The molecule has 0 aliphatic carbocycles. The summed E-state index contributed by atoms with van der Waals surface area (Å²) in [6.07, 6.45) is -7.80. The second-order valence-electron chi connectivity index (χ2n) is 2.96. The Morgan fingerprint density at radius 3 is 2.00 bits per heavy atom. The summed E-state index contributed by atoms with van der Waals surface area (Å²) in [7, 11) is -4.80. The standard InChI is InChI=1S/C6H13O9P/c7-1-3(8)5(10)6(11)4(9)2-15-16(12,13)14/h1,3-6,8-11H,2H2,(H2,12,13,14)/t3-,4+,5+,6+/m0/s1/i1+1. The molecule has 0 aliphatic rings. The van der Waals surface area contributed by atoms with Crippen LogP contribution in [0.4, 0.5) is 0 Å². The Kier molecular flexibility index (Phi) is 6.23. The maximum Gasteiger partial charge on any atom is 0.469 e. The van der Waals surface area contributed by atoms with Crippen LogP contribution in [-0.4, -0.2) is 67.5 Å². The van der Waals surface area contributed by atoms with Crippen LogP contribution in [0.15, 0.2) is 0 Å². The fourth-order valence-electron chi connectivity index (χ4n) is 0.782. The first-order valence-corrected chi connectivity index (χ1v) is 5.59. The smallest absolute Gasteiger partial charge is 0.388 e. The van der Waals surface area contributed by atoms with Gasteiger partial charge in [0.1, 0.15) is 24.4 Å². The molecule has 9 nitrogen and oxygen atoms in total. The van der Waals surface area contributed by atoms with Gasteiger partial charge in [-0.2, -0.15) is 0 Å². The average molecular weight is 261 g/mol. The molecule has 0 aromatic heterocycles. The number of rotatable bonds is 7. The predicted molar refractivity (Wildman–Crippen MR) is 48.1 cm³/mol. The maximum absolute atomic E-state index is 10.2. The van der Waals surface area contributed by atoms with Crippen LogP contribution in [-0.2, 0) is 13.9 Å². The molecule has 0 aromatic rings. The monoisotopic (exact) mass is 261 g/mol. The van der Waals surface area contributed by atoms with Crippen molar-refractivity contribution in [3.8, 4) is 0 Å². The van der Waals surface area contributed by atoms with Crippen molar-refractivity contribution in [2.24, 2.45) is 0 Å². The first kappa shape index (κ1) is 15.6. The minimum Gasteiger partial charge on any atom is -0.388 e. The zero-order valence-electron chi connectivity index (χ0n) is 7.95. The van der Waals surface area contributed by atoms with E-state index in [4.69, 9.17) is 30.2 Å². The lowest BCUT2D eigenvalue weighted by atomic mass is 10.1. The Hall–Kier alpha value is -0.380. The van der Waals surface area contributed by atoms with Crippen LogP contribution in [0.5, 0.6) is 0 Å². The zero-order chi connectivity index (χ0) is 12.9. The van der Waals surface area contributed by atoms with Crippen molar-refractivity contribution in [3.63, 3.8) is 0 Å². The molecule has 0 saturated carbocycles. The zero-order valence-corrected chi connectivity index (χ0v) is 8.84. The molecule has 4 atom stereocenters. The molecule has 0 amide bonds. The molecule has 0 rings (SSSR count). The molecule has 6 N–H and O–H groups in total. The van der Waals surface area contributed by atoms with Gasteiger partial charge in [0, 0.05) is 0 Å². The van der Waals surface area contributed by atoms with Gasteiger partial charge in [-0.15, -0.1) is 0 Å². The first-order chi connectivity index (χ1) is 7.19. The van der Waals surface area contributed by atoms with Crippen molar-refractivity contribution in [3.05, 3.63) is 0 Å². The summed E-state index contributed by atoms with van der Waals surface area (Å²) in [4.78, 5) is 26.6. The highest BCUT2D eigenvalue weighted by molar-refractivity contribution is 7.46. The van der Waals surface area contributed by atoms with Gasteiger partial charge in [0.2, 0.25) is 0 Å². The summed E-state index contributed by atoms with van der Waals surface area (Å²) < 4.78 is 14.1. The average Bonchev–Trinajstić information content (AvgIpc) is 2.21. The normalized spacial score (nSPS) is 19.9. The topological polar surface area (TPSA) is 165 Å². The van der Waals surface area contributed by atoms with E-state index in [2.05, 4.69) is 4.52 Å². The van der Waals surface area contributed by atoms with Gasteiger partial charge in [0.25, 0.3) is 0 Å². The second kappa shape index (κ2) is 6.38. The predicted octanol–water partition coefficient (Wildman–Crippen LogP) is -3.26. The highest BCUT2D eigenvalue weighted by Gasteiger charge is 2.31. The Bertz CT molecular complexity index is 263. The summed E-state index contributed by atoms with van der Waals surface area (Å²) in [5.41, 5.74) is 0. The highest BCUT2D eigenvalue weighted by atomic mass is 31.2. The lowest BCUT2D eigenvalue weighted by Crippen LogP contribution is -2.46. The van der Waals surface area contributed by atoms with Crippen molar-refractivity contribution in [1.29, 1.82) is 0 Å². The van der Waals surface area contributed by atoms with Crippen molar-refractivity contribution in [2.45, 2.75) is 24.4 Å². The van der Waals surface area contributed by atoms with Crippen molar-refractivity contribution in [2.75, 3.05) is 6.61 Å². The molecule has 0 fully saturated rings. The van der Waals surface area contributed by atoms with Gasteiger partial charge in [0.05, 0.1) is 6.61 Å². The van der Waals surface area contributed by atoms with Gasteiger partial charge in [-0.3, -0.25) is 4.52 Å². The fourth-order valence-corrected chi connectivity index (χ4v) is 1.13. The van der Waals surface area contributed by atoms with Crippen LogP contribution >= 0.6 is 7.82 Å². The van der Waals surface area contributed by atoms with Crippen molar-refractivity contribution in [1.82, 2.24) is 0 Å². The van der Waals surface area contributed by atoms with Crippen LogP contribution in [0.3, 0.4) is 0 Å². The SMILES string of the molecule is O=[13CH][C@H](O)[C@@H](O)[C@H](O)[C@H](O)COP(=O)(O)O. The quantitative estimate of drug-likeness (QED) is 0.157. The minimum absolute atomic E-state index is 0.0650. The fraction of sp³-hybridized carbons (Fsp3) is 0.833. The Morgan fingerprint density at radius 2 is 1.62 bits per heavy atom. The maximum atomic E-state index is 10.2. The largest absolute Gasteiger partial charge is 0.469 e.